The van der Waals surface area contributed by atoms with E-state index in [9.17, 15) is 18.0 Å². The Bertz CT molecular complexity index is 1620. The van der Waals surface area contributed by atoms with Crippen LogP contribution in [0.5, 0.6) is 0 Å². The first-order valence-corrected chi connectivity index (χ1v) is 16.6. The highest BCUT2D eigenvalue weighted by Crippen LogP contribution is 2.29. The monoisotopic (exact) mass is 651 g/mol. The predicted octanol–water partition coefficient (Wildman–Crippen LogP) is 6.75. The van der Waals surface area contributed by atoms with Gasteiger partial charge < -0.3 is 10.2 Å². The summed E-state index contributed by atoms with van der Waals surface area (Å²) in [5.41, 5.74) is 1.61. The van der Waals surface area contributed by atoms with Gasteiger partial charge in [0.2, 0.25) is 11.8 Å². The Kier molecular flexibility index (Phi) is 11.8. The molecule has 44 heavy (non-hydrogen) atoms. The minimum absolute atomic E-state index is 0.0375. The molecule has 0 fully saturated rings. The number of hydrogen-bond acceptors (Lipinski definition) is 4. The van der Waals surface area contributed by atoms with Crippen molar-refractivity contribution >= 4 is 50.7 Å². The quantitative estimate of drug-likeness (QED) is 0.153. The molecule has 0 heterocycles. The first-order chi connectivity index (χ1) is 21.2. The van der Waals surface area contributed by atoms with Crippen molar-refractivity contribution in [1.82, 2.24) is 10.2 Å². The van der Waals surface area contributed by atoms with Gasteiger partial charge in [0, 0.05) is 35.1 Å². The molecule has 4 aromatic carbocycles. The molecule has 0 aromatic heterocycles. The lowest BCUT2D eigenvalue weighted by molar-refractivity contribution is -0.140. The fourth-order valence-corrected chi connectivity index (χ4v) is 6.71. The van der Waals surface area contributed by atoms with E-state index in [-0.39, 0.29) is 23.8 Å². The Labute approximate surface area is 269 Å². The summed E-state index contributed by atoms with van der Waals surface area (Å²) in [6.07, 6.45) is 1.85. The maximum atomic E-state index is 14.5. The van der Waals surface area contributed by atoms with Crippen LogP contribution in [0.15, 0.2) is 114 Å². The zero-order chi connectivity index (χ0) is 31.5. The highest BCUT2D eigenvalue weighted by atomic mass is 35.5. The van der Waals surface area contributed by atoms with E-state index in [0.29, 0.717) is 27.8 Å². The number of halogens is 2. The molecule has 10 heteroatoms. The van der Waals surface area contributed by atoms with Gasteiger partial charge in [0.25, 0.3) is 10.0 Å². The summed E-state index contributed by atoms with van der Waals surface area (Å²) in [6.45, 7) is 1.79. The van der Waals surface area contributed by atoms with Crippen LogP contribution in [0, 0.1) is 0 Å². The molecule has 2 amide bonds. The third-order valence-electron chi connectivity index (χ3n) is 7.15. The molecule has 4 rings (SSSR count). The largest absolute Gasteiger partial charge is 0.354 e. The van der Waals surface area contributed by atoms with Gasteiger partial charge in [-0.2, -0.15) is 0 Å². The smallest absolute Gasteiger partial charge is 0.264 e. The van der Waals surface area contributed by atoms with E-state index >= 15 is 0 Å². The third-order valence-corrected chi connectivity index (χ3v) is 9.64. The van der Waals surface area contributed by atoms with Crippen LogP contribution < -0.4 is 9.62 Å². The Morgan fingerprint density at radius 1 is 0.795 bits per heavy atom. The van der Waals surface area contributed by atoms with Gasteiger partial charge in [0.15, 0.2) is 0 Å². The number of rotatable bonds is 14. The maximum absolute atomic E-state index is 14.5. The summed E-state index contributed by atoms with van der Waals surface area (Å²) in [4.78, 5) is 29.7. The van der Waals surface area contributed by atoms with Crippen LogP contribution in [0.3, 0.4) is 0 Å². The molecule has 7 nitrogen and oxygen atoms in total. The maximum Gasteiger partial charge on any atom is 0.264 e. The number of nitrogens with one attached hydrogen (secondary N) is 1. The number of unbranched alkanes of at least 4 members (excludes halogenated alkanes) is 1. The average Bonchev–Trinajstić information content (AvgIpc) is 3.04. The van der Waals surface area contributed by atoms with Gasteiger partial charge >= 0.3 is 0 Å². The van der Waals surface area contributed by atoms with E-state index in [0.717, 1.165) is 22.7 Å². The molecular weight excluding hydrogens is 617 g/mol. The topological polar surface area (TPSA) is 86.8 Å². The number of carbonyl (C=O) groups is 2. The first-order valence-electron chi connectivity index (χ1n) is 14.4. The number of nitrogens with zero attached hydrogens (tertiary/aromatic N) is 2. The normalized spacial score (nSPS) is 11.9. The Morgan fingerprint density at radius 3 is 1.95 bits per heavy atom. The molecule has 4 aromatic rings. The summed E-state index contributed by atoms with van der Waals surface area (Å²) >= 11 is 13.1. The fourth-order valence-electron chi connectivity index (χ4n) is 4.76. The lowest BCUT2D eigenvalue weighted by Gasteiger charge is -2.34. The second kappa shape index (κ2) is 15.7. The number of amides is 2. The van der Waals surface area contributed by atoms with E-state index in [2.05, 4.69) is 5.32 Å². The third kappa shape index (κ3) is 8.40. The summed E-state index contributed by atoms with van der Waals surface area (Å²) in [5.74, 6) is -0.938. The molecule has 0 bridgehead atoms. The van der Waals surface area contributed by atoms with E-state index in [1.807, 2.05) is 37.3 Å². The van der Waals surface area contributed by atoms with Crippen molar-refractivity contribution in [3.8, 4) is 0 Å². The van der Waals surface area contributed by atoms with Crippen LogP contribution in [0.4, 0.5) is 5.69 Å². The van der Waals surface area contributed by atoms with Gasteiger partial charge in [-0.1, -0.05) is 109 Å². The van der Waals surface area contributed by atoms with Crippen molar-refractivity contribution in [2.75, 3.05) is 17.4 Å². The molecule has 0 spiro atoms. The van der Waals surface area contributed by atoms with Crippen molar-refractivity contribution in [2.24, 2.45) is 0 Å². The first kappa shape index (κ1) is 33.1. The lowest BCUT2D eigenvalue weighted by Crippen LogP contribution is -2.53. The minimum Gasteiger partial charge on any atom is -0.354 e. The molecule has 230 valence electrons. The highest BCUT2D eigenvalue weighted by molar-refractivity contribution is 7.92. The van der Waals surface area contributed by atoms with Gasteiger partial charge in [-0.15, -0.1) is 0 Å². The number of anilines is 1. The predicted molar refractivity (Wildman–Crippen MR) is 176 cm³/mol. The summed E-state index contributed by atoms with van der Waals surface area (Å²) < 4.78 is 29.0. The number of benzene rings is 4. The number of hydrogen-bond donors (Lipinski definition) is 1. The second-order valence-electron chi connectivity index (χ2n) is 10.2. The molecule has 0 radical (unpaired) electrons. The molecule has 1 atom stereocenters. The van der Waals surface area contributed by atoms with Crippen LogP contribution >= 0.6 is 23.2 Å². The van der Waals surface area contributed by atoms with Crippen LogP contribution in [0.2, 0.25) is 10.0 Å². The SMILES string of the molecule is CCCCNC(=O)[C@H](Cc1ccccc1)N(Cc1c(Cl)cccc1Cl)C(=O)CN(c1ccccc1)S(=O)(=O)c1ccccc1. The average molecular weight is 653 g/mol. The van der Waals surface area contributed by atoms with Crippen LogP contribution in [0.1, 0.15) is 30.9 Å². The van der Waals surface area contributed by atoms with E-state index in [4.69, 9.17) is 23.2 Å². The second-order valence-corrected chi connectivity index (χ2v) is 12.9. The van der Waals surface area contributed by atoms with Gasteiger partial charge in [-0.05, 0) is 48.4 Å². The molecule has 1 N–H and O–H groups in total. The van der Waals surface area contributed by atoms with Gasteiger partial charge in [-0.3, -0.25) is 13.9 Å². The summed E-state index contributed by atoms with van der Waals surface area (Å²) in [7, 11) is -4.16. The number of carbonyl (C=O) groups excluding carboxylic acids is 2. The van der Waals surface area contributed by atoms with Crippen molar-refractivity contribution < 1.29 is 18.0 Å². The Balaban J connectivity index is 1.80. The minimum atomic E-state index is -4.16. The van der Waals surface area contributed by atoms with Crippen LogP contribution in [0.25, 0.3) is 0 Å². The van der Waals surface area contributed by atoms with Crippen molar-refractivity contribution in [2.45, 2.75) is 43.7 Å². The highest BCUT2D eigenvalue weighted by Gasteiger charge is 2.35. The van der Waals surface area contributed by atoms with E-state index in [1.54, 1.807) is 66.7 Å². The molecular formula is C34H35Cl2N3O4S. The molecule has 0 aliphatic heterocycles. The van der Waals surface area contributed by atoms with Crippen LogP contribution in [-0.2, 0) is 32.6 Å². The summed E-state index contributed by atoms with van der Waals surface area (Å²) in [6, 6.07) is 29.8. The molecule has 0 aliphatic rings. The zero-order valence-electron chi connectivity index (χ0n) is 24.4. The van der Waals surface area contributed by atoms with E-state index in [1.165, 1.54) is 17.0 Å². The Hall–Kier alpha value is -3.85. The standard InChI is InChI=1S/C34H35Cl2N3O4S/c1-2-3-22-37-34(41)32(23-26-14-7-4-8-15-26)38(24-29-30(35)20-13-21-31(29)36)33(40)25-39(27-16-9-5-10-17-27)44(42,43)28-18-11-6-12-19-28/h4-21,32H,2-3,22-25H2,1H3,(H,37,41)/t32-/m0/s1. The molecule has 0 saturated carbocycles. The summed E-state index contributed by atoms with van der Waals surface area (Å²) in [5, 5.41) is 3.63. The van der Waals surface area contributed by atoms with Gasteiger partial charge in [0.1, 0.15) is 12.6 Å². The zero-order valence-corrected chi connectivity index (χ0v) is 26.7. The fraction of sp³-hybridized carbons (Fsp3) is 0.235. The molecule has 0 unspecified atom stereocenters. The lowest BCUT2D eigenvalue weighted by atomic mass is 10.0. The van der Waals surface area contributed by atoms with E-state index < -0.39 is 28.5 Å². The van der Waals surface area contributed by atoms with Gasteiger partial charge in [-0.25, -0.2) is 8.42 Å². The van der Waals surface area contributed by atoms with Crippen LogP contribution in [-0.4, -0.2) is 44.3 Å². The van der Waals surface area contributed by atoms with Crippen molar-refractivity contribution in [3.63, 3.8) is 0 Å². The molecule has 0 aliphatic carbocycles. The van der Waals surface area contributed by atoms with Crippen molar-refractivity contribution in [3.05, 3.63) is 130 Å². The van der Waals surface area contributed by atoms with Gasteiger partial charge in [0.05, 0.1) is 10.6 Å². The Morgan fingerprint density at radius 2 is 1.36 bits per heavy atom. The molecule has 0 saturated heterocycles. The van der Waals surface area contributed by atoms with Crippen molar-refractivity contribution in [1.29, 1.82) is 0 Å². The number of para-hydroxylation sites is 1. The number of sulfonamides is 1.